The summed E-state index contributed by atoms with van der Waals surface area (Å²) < 4.78 is 7.50. The molecule has 1 N–H and O–H groups in total. The van der Waals surface area contributed by atoms with Crippen molar-refractivity contribution in [2.45, 2.75) is 25.4 Å². The number of imidazole rings is 1. The quantitative estimate of drug-likeness (QED) is 0.419. The topological polar surface area (TPSA) is 93.0 Å². The molecule has 0 spiro atoms. The number of benzene rings is 2. The third-order valence-electron chi connectivity index (χ3n) is 6.13. The highest BCUT2D eigenvalue weighted by Gasteiger charge is 2.37. The first-order valence-electron chi connectivity index (χ1n) is 11.8. The van der Waals surface area contributed by atoms with E-state index in [0.29, 0.717) is 17.9 Å². The summed E-state index contributed by atoms with van der Waals surface area (Å²) in [4.78, 5) is 46.8. The average molecular weight is 503 g/mol. The number of Topliss-reactive ketones (excluding diaryl/α,β-unsaturated/α-hetero) is 1. The van der Waals surface area contributed by atoms with Crippen molar-refractivity contribution in [3.63, 3.8) is 0 Å². The van der Waals surface area contributed by atoms with E-state index in [-0.39, 0.29) is 37.2 Å². The lowest BCUT2D eigenvalue weighted by Gasteiger charge is -2.37. The van der Waals surface area contributed by atoms with E-state index < -0.39 is 12.1 Å². The molecule has 0 radical (unpaired) electrons. The van der Waals surface area contributed by atoms with Crippen molar-refractivity contribution in [2.75, 3.05) is 19.8 Å². The van der Waals surface area contributed by atoms with Crippen LogP contribution in [0.1, 0.15) is 24.2 Å². The van der Waals surface area contributed by atoms with Gasteiger partial charge in [-0.3, -0.25) is 18.8 Å². The van der Waals surface area contributed by atoms with Crippen LogP contribution in [-0.2, 0) is 25.5 Å². The van der Waals surface area contributed by atoms with Crippen LogP contribution in [0.3, 0.4) is 0 Å². The van der Waals surface area contributed by atoms with Gasteiger partial charge in [0.25, 0.3) is 5.91 Å². The van der Waals surface area contributed by atoms with Crippen LogP contribution in [0.15, 0.2) is 73.1 Å². The Hall–Kier alpha value is -3.82. The van der Waals surface area contributed by atoms with Gasteiger partial charge in [-0.2, -0.15) is 0 Å². The standard InChI is InChI=1S/C27H26N4O4S/c1-18(32)28-25(20-10-6-3-7-11-20)26(34)31-12-13-35-17-22(31)23(33)14-21-15-30-16-24(36-27(30)29-21)19-8-4-2-5-9-19/h2-11,15-16,22,25H,12-14,17H2,1H3,(H,28,32)/t22?,25-/m1/s1. The first kappa shape index (κ1) is 23.9. The minimum atomic E-state index is -0.869. The first-order valence-corrected chi connectivity index (χ1v) is 12.6. The second kappa shape index (κ2) is 10.4. The minimum Gasteiger partial charge on any atom is -0.377 e. The Morgan fingerprint density at radius 1 is 1.08 bits per heavy atom. The third kappa shape index (κ3) is 5.07. The number of fused-ring (bicyclic) bond motifs is 1. The van der Waals surface area contributed by atoms with Gasteiger partial charge in [-0.1, -0.05) is 72.0 Å². The van der Waals surface area contributed by atoms with E-state index in [4.69, 9.17) is 4.74 Å². The Morgan fingerprint density at radius 2 is 1.81 bits per heavy atom. The van der Waals surface area contributed by atoms with Crippen LogP contribution in [0.25, 0.3) is 15.4 Å². The molecule has 2 atom stereocenters. The Morgan fingerprint density at radius 3 is 2.50 bits per heavy atom. The molecule has 1 aliphatic rings. The fourth-order valence-electron chi connectivity index (χ4n) is 4.40. The molecule has 2 aromatic heterocycles. The Labute approximate surface area is 212 Å². The monoisotopic (exact) mass is 502 g/mol. The lowest BCUT2D eigenvalue weighted by molar-refractivity contribution is -0.149. The summed E-state index contributed by atoms with van der Waals surface area (Å²) in [6.07, 6.45) is 3.95. The van der Waals surface area contributed by atoms with Crippen molar-refractivity contribution in [3.8, 4) is 10.4 Å². The maximum absolute atomic E-state index is 13.6. The van der Waals surface area contributed by atoms with E-state index in [1.165, 1.54) is 11.8 Å². The highest BCUT2D eigenvalue weighted by atomic mass is 32.1. The van der Waals surface area contributed by atoms with Gasteiger partial charge in [0.05, 0.1) is 30.2 Å². The van der Waals surface area contributed by atoms with E-state index in [2.05, 4.69) is 10.3 Å². The van der Waals surface area contributed by atoms with E-state index in [9.17, 15) is 14.4 Å². The SMILES string of the molecule is CC(=O)N[C@@H](C(=O)N1CCOCC1C(=O)Cc1cn2cc(-c3ccccc3)sc2n1)c1ccccc1. The number of ether oxygens (including phenoxy) is 1. The first-order chi connectivity index (χ1) is 17.5. The van der Waals surface area contributed by atoms with Crippen molar-refractivity contribution >= 4 is 33.9 Å². The van der Waals surface area contributed by atoms with Crippen LogP contribution in [0.4, 0.5) is 0 Å². The third-order valence-corrected chi connectivity index (χ3v) is 7.18. The van der Waals surface area contributed by atoms with Crippen molar-refractivity contribution in [2.24, 2.45) is 0 Å². The number of hydrogen-bond acceptors (Lipinski definition) is 6. The number of hydrogen-bond donors (Lipinski definition) is 1. The zero-order valence-corrected chi connectivity index (χ0v) is 20.6. The Kier molecular flexibility index (Phi) is 6.92. The van der Waals surface area contributed by atoms with Crippen LogP contribution in [-0.4, -0.2) is 57.7 Å². The zero-order chi connectivity index (χ0) is 25.1. The molecule has 36 heavy (non-hydrogen) atoms. The number of aromatic nitrogens is 2. The van der Waals surface area contributed by atoms with Crippen LogP contribution >= 0.6 is 11.3 Å². The molecule has 1 unspecified atom stereocenters. The predicted molar refractivity (Wildman–Crippen MR) is 137 cm³/mol. The van der Waals surface area contributed by atoms with Gasteiger partial charge in [0, 0.05) is 25.9 Å². The summed E-state index contributed by atoms with van der Waals surface area (Å²) in [6, 6.07) is 17.5. The van der Waals surface area contributed by atoms with E-state index in [1.807, 2.05) is 65.3 Å². The average Bonchev–Trinajstić information content (AvgIpc) is 3.47. The predicted octanol–water partition coefficient (Wildman–Crippen LogP) is 3.28. The van der Waals surface area contributed by atoms with Crippen LogP contribution in [0, 0.1) is 0 Å². The lowest BCUT2D eigenvalue weighted by atomic mass is 10.0. The maximum atomic E-state index is 13.6. The molecule has 9 heteroatoms. The van der Waals surface area contributed by atoms with Gasteiger partial charge in [0.1, 0.15) is 12.1 Å². The Balaban J connectivity index is 1.33. The largest absolute Gasteiger partial charge is 0.377 e. The fraction of sp³-hybridized carbons (Fsp3) is 0.259. The van der Waals surface area contributed by atoms with Gasteiger partial charge < -0.3 is 15.0 Å². The molecule has 0 aliphatic carbocycles. The van der Waals surface area contributed by atoms with Crippen molar-refractivity contribution in [3.05, 3.63) is 84.3 Å². The molecule has 1 saturated heterocycles. The molecule has 8 nitrogen and oxygen atoms in total. The molecule has 2 amide bonds. The van der Waals surface area contributed by atoms with Crippen LogP contribution in [0.2, 0.25) is 0 Å². The van der Waals surface area contributed by atoms with Gasteiger partial charge in [-0.25, -0.2) is 4.98 Å². The summed E-state index contributed by atoms with van der Waals surface area (Å²) in [7, 11) is 0. The van der Waals surface area contributed by atoms with Crippen molar-refractivity contribution in [1.29, 1.82) is 0 Å². The van der Waals surface area contributed by atoms with Crippen LogP contribution < -0.4 is 5.32 Å². The molecular weight excluding hydrogens is 476 g/mol. The minimum absolute atomic E-state index is 0.0863. The molecule has 3 heterocycles. The molecule has 1 fully saturated rings. The summed E-state index contributed by atoms with van der Waals surface area (Å²) in [5.74, 6) is -0.788. The molecule has 1 aliphatic heterocycles. The Bertz CT molecular complexity index is 1350. The van der Waals surface area contributed by atoms with Gasteiger partial charge in [-0.05, 0) is 11.1 Å². The molecule has 5 rings (SSSR count). The lowest BCUT2D eigenvalue weighted by Crippen LogP contribution is -2.56. The highest BCUT2D eigenvalue weighted by Crippen LogP contribution is 2.28. The van der Waals surface area contributed by atoms with E-state index >= 15 is 0 Å². The van der Waals surface area contributed by atoms with Crippen molar-refractivity contribution < 1.29 is 19.1 Å². The summed E-state index contributed by atoms with van der Waals surface area (Å²) >= 11 is 1.56. The molecule has 2 aromatic carbocycles. The molecule has 4 aromatic rings. The van der Waals surface area contributed by atoms with E-state index in [0.717, 1.165) is 15.4 Å². The zero-order valence-electron chi connectivity index (χ0n) is 19.8. The number of amides is 2. The summed E-state index contributed by atoms with van der Waals surface area (Å²) in [5, 5.41) is 2.74. The van der Waals surface area contributed by atoms with Gasteiger partial charge in [0.15, 0.2) is 10.7 Å². The van der Waals surface area contributed by atoms with Crippen molar-refractivity contribution in [1.82, 2.24) is 19.6 Å². The number of rotatable bonds is 7. The normalized spacial score (nSPS) is 16.6. The number of ketones is 1. The molecular formula is C27H26N4O4S. The molecule has 0 bridgehead atoms. The maximum Gasteiger partial charge on any atom is 0.250 e. The smallest absolute Gasteiger partial charge is 0.250 e. The number of nitrogens with one attached hydrogen (secondary N) is 1. The van der Waals surface area contributed by atoms with Crippen LogP contribution in [0.5, 0.6) is 0 Å². The number of morpholine rings is 1. The van der Waals surface area contributed by atoms with Gasteiger partial charge >= 0.3 is 0 Å². The molecule has 184 valence electrons. The number of thiazole rings is 1. The van der Waals surface area contributed by atoms with E-state index in [1.54, 1.807) is 23.5 Å². The number of carbonyl (C=O) groups is 3. The molecule has 0 saturated carbocycles. The number of carbonyl (C=O) groups excluding carboxylic acids is 3. The second-order valence-electron chi connectivity index (χ2n) is 8.69. The fourth-order valence-corrected chi connectivity index (χ4v) is 5.39. The highest BCUT2D eigenvalue weighted by molar-refractivity contribution is 7.20. The second-order valence-corrected chi connectivity index (χ2v) is 9.70. The summed E-state index contributed by atoms with van der Waals surface area (Å²) in [5.41, 5.74) is 2.43. The van der Waals surface area contributed by atoms with Gasteiger partial charge in [0.2, 0.25) is 5.91 Å². The number of nitrogens with zero attached hydrogens (tertiary/aromatic N) is 3. The van der Waals surface area contributed by atoms with Gasteiger partial charge in [-0.15, -0.1) is 0 Å². The summed E-state index contributed by atoms with van der Waals surface area (Å²) in [6.45, 7) is 2.10.